The molecule has 1 aromatic rings. The second kappa shape index (κ2) is 7.31. The molecule has 0 heterocycles. The Morgan fingerprint density at radius 1 is 1.24 bits per heavy atom. The maximum Gasteiger partial charge on any atom is 0.428 e. The quantitative estimate of drug-likeness (QED) is 0.661. The normalized spacial score (nSPS) is 11.3. The minimum Gasteiger partial charge on any atom is -0.493 e. The van der Waals surface area contributed by atoms with Crippen molar-refractivity contribution in [3.8, 4) is 11.5 Å². The van der Waals surface area contributed by atoms with Gasteiger partial charge < -0.3 is 14.2 Å². The van der Waals surface area contributed by atoms with Crippen LogP contribution in [0.3, 0.4) is 0 Å². The van der Waals surface area contributed by atoms with Crippen molar-refractivity contribution in [1.29, 1.82) is 0 Å². The molecule has 0 bridgehead atoms. The Bertz CT molecular complexity index is 539. The molecule has 1 rings (SSSR count). The predicted octanol–water partition coefficient (Wildman–Crippen LogP) is 3.32. The lowest BCUT2D eigenvalue weighted by molar-refractivity contribution is 0.0529. The molecule has 0 aliphatic heterocycles. The van der Waals surface area contributed by atoms with Crippen molar-refractivity contribution in [2.75, 3.05) is 14.2 Å². The Kier molecular flexibility index (Phi) is 6.02. The molecule has 0 atom stereocenters. The zero-order valence-electron chi connectivity index (χ0n) is 12.7. The summed E-state index contributed by atoms with van der Waals surface area (Å²) >= 11 is 3.40. The minimum absolute atomic E-state index is 0.566. The van der Waals surface area contributed by atoms with Crippen molar-refractivity contribution in [2.24, 2.45) is 5.10 Å². The lowest BCUT2D eigenvalue weighted by Gasteiger charge is -2.18. The molecule has 7 heteroatoms. The van der Waals surface area contributed by atoms with Crippen molar-refractivity contribution >= 4 is 28.2 Å². The van der Waals surface area contributed by atoms with E-state index in [0.29, 0.717) is 11.5 Å². The second-order valence-corrected chi connectivity index (χ2v) is 5.95. The number of carbonyl (C=O) groups excluding carboxylic acids is 1. The number of ether oxygens (including phenoxy) is 3. The van der Waals surface area contributed by atoms with Crippen molar-refractivity contribution in [3.63, 3.8) is 0 Å². The number of benzene rings is 1. The Morgan fingerprint density at radius 3 is 2.33 bits per heavy atom. The third-order valence-electron chi connectivity index (χ3n) is 2.26. The molecule has 116 valence electrons. The SMILES string of the molecule is COc1cc(Br)c(/C=N\NC(=O)OC(C)(C)C)cc1OC. The Morgan fingerprint density at radius 2 is 1.81 bits per heavy atom. The van der Waals surface area contributed by atoms with Crippen molar-refractivity contribution in [1.82, 2.24) is 5.43 Å². The van der Waals surface area contributed by atoms with Gasteiger partial charge in [0.05, 0.1) is 20.4 Å². The first-order chi connectivity index (χ1) is 9.76. The van der Waals surface area contributed by atoms with Gasteiger partial charge in [-0.25, -0.2) is 10.2 Å². The van der Waals surface area contributed by atoms with Crippen molar-refractivity contribution in [2.45, 2.75) is 26.4 Å². The zero-order chi connectivity index (χ0) is 16.0. The summed E-state index contributed by atoms with van der Waals surface area (Å²) in [6.07, 6.45) is 0.867. The minimum atomic E-state index is -0.615. The lowest BCUT2D eigenvalue weighted by atomic mass is 10.2. The molecule has 0 saturated heterocycles. The van der Waals surface area contributed by atoms with Crippen LogP contribution in [-0.2, 0) is 4.74 Å². The van der Waals surface area contributed by atoms with Gasteiger partial charge in [-0.3, -0.25) is 0 Å². The standard InChI is InChI=1S/C14H19BrN2O4/c1-14(2,3)21-13(18)17-16-8-9-6-11(19-4)12(20-5)7-10(9)15/h6-8H,1-5H3,(H,17,18)/b16-8-. The van der Waals surface area contributed by atoms with Gasteiger partial charge in [0, 0.05) is 10.0 Å². The Hall–Kier alpha value is -1.76. The fourth-order valence-electron chi connectivity index (χ4n) is 1.42. The number of halogens is 1. The van der Waals surface area contributed by atoms with Gasteiger partial charge in [0.15, 0.2) is 11.5 Å². The summed E-state index contributed by atoms with van der Waals surface area (Å²) in [6.45, 7) is 5.34. The Labute approximate surface area is 132 Å². The van der Waals surface area contributed by atoms with E-state index in [2.05, 4.69) is 26.5 Å². The van der Waals surface area contributed by atoms with Crippen LogP contribution in [0.25, 0.3) is 0 Å². The largest absolute Gasteiger partial charge is 0.493 e. The number of methoxy groups -OCH3 is 2. The molecule has 0 spiro atoms. The third-order valence-corrected chi connectivity index (χ3v) is 2.95. The van der Waals surface area contributed by atoms with E-state index in [1.165, 1.54) is 6.21 Å². The molecule has 0 aliphatic carbocycles. The monoisotopic (exact) mass is 358 g/mol. The topological polar surface area (TPSA) is 69.2 Å². The number of nitrogens with one attached hydrogen (secondary N) is 1. The molecule has 1 N–H and O–H groups in total. The fraction of sp³-hybridized carbons (Fsp3) is 0.429. The summed E-state index contributed by atoms with van der Waals surface area (Å²) in [6, 6.07) is 3.50. The maximum atomic E-state index is 11.5. The smallest absolute Gasteiger partial charge is 0.428 e. The number of nitrogens with zero attached hydrogens (tertiary/aromatic N) is 1. The lowest BCUT2D eigenvalue weighted by Crippen LogP contribution is -2.29. The van der Waals surface area contributed by atoms with Crippen LogP contribution in [0, 0.1) is 0 Å². The van der Waals surface area contributed by atoms with Crippen LogP contribution in [0.15, 0.2) is 21.7 Å². The van der Waals surface area contributed by atoms with Crippen molar-refractivity contribution in [3.05, 3.63) is 22.2 Å². The average molecular weight is 359 g/mol. The second-order valence-electron chi connectivity index (χ2n) is 5.10. The van der Waals surface area contributed by atoms with E-state index < -0.39 is 11.7 Å². The Balaban J connectivity index is 2.79. The van der Waals surface area contributed by atoms with Gasteiger partial charge in [-0.05, 0) is 48.8 Å². The van der Waals surface area contributed by atoms with Gasteiger partial charge in [0.1, 0.15) is 5.60 Å². The molecule has 1 aromatic carbocycles. The molecular weight excluding hydrogens is 340 g/mol. The number of rotatable bonds is 4. The van der Waals surface area contributed by atoms with Gasteiger partial charge in [0.25, 0.3) is 0 Å². The van der Waals surface area contributed by atoms with Crippen LogP contribution in [0.1, 0.15) is 26.3 Å². The number of hydrazone groups is 1. The predicted molar refractivity (Wildman–Crippen MR) is 84.2 cm³/mol. The molecular formula is C14H19BrN2O4. The average Bonchev–Trinajstić information content (AvgIpc) is 2.38. The highest BCUT2D eigenvalue weighted by Gasteiger charge is 2.15. The summed E-state index contributed by atoms with van der Waals surface area (Å²) in [5, 5.41) is 3.84. The highest BCUT2D eigenvalue weighted by atomic mass is 79.9. The molecule has 0 fully saturated rings. The first-order valence-corrected chi connectivity index (χ1v) is 6.99. The van der Waals surface area contributed by atoms with Gasteiger partial charge in [-0.15, -0.1) is 0 Å². The van der Waals surface area contributed by atoms with E-state index >= 15 is 0 Å². The molecule has 0 radical (unpaired) electrons. The first kappa shape index (κ1) is 17.3. The number of amides is 1. The molecule has 0 aliphatic rings. The van der Waals surface area contributed by atoms with Crippen LogP contribution >= 0.6 is 15.9 Å². The number of hydrogen-bond donors (Lipinski definition) is 1. The van der Waals surface area contributed by atoms with Gasteiger partial charge >= 0.3 is 6.09 Å². The summed E-state index contributed by atoms with van der Waals surface area (Å²) in [7, 11) is 3.10. The van der Waals surface area contributed by atoms with E-state index in [9.17, 15) is 4.79 Å². The maximum absolute atomic E-state index is 11.5. The van der Waals surface area contributed by atoms with Crippen LogP contribution in [-0.4, -0.2) is 32.1 Å². The highest BCUT2D eigenvalue weighted by molar-refractivity contribution is 9.10. The molecule has 6 nitrogen and oxygen atoms in total. The zero-order valence-corrected chi connectivity index (χ0v) is 14.3. The van der Waals surface area contributed by atoms with Crippen LogP contribution in [0.4, 0.5) is 4.79 Å². The summed E-state index contributed by atoms with van der Waals surface area (Å²) in [5.41, 5.74) is 2.46. The van der Waals surface area contributed by atoms with E-state index in [1.807, 2.05) is 0 Å². The molecule has 1 amide bonds. The highest BCUT2D eigenvalue weighted by Crippen LogP contribution is 2.32. The van der Waals surface area contributed by atoms with Crippen LogP contribution in [0.5, 0.6) is 11.5 Å². The van der Waals surface area contributed by atoms with Gasteiger partial charge in [0.2, 0.25) is 0 Å². The van der Waals surface area contributed by atoms with E-state index in [4.69, 9.17) is 14.2 Å². The van der Waals surface area contributed by atoms with Crippen LogP contribution in [0.2, 0.25) is 0 Å². The molecule has 0 unspecified atom stereocenters. The molecule has 0 aromatic heterocycles. The third kappa shape index (κ3) is 5.63. The summed E-state index contributed by atoms with van der Waals surface area (Å²) < 4.78 is 16.2. The summed E-state index contributed by atoms with van der Waals surface area (Å²) in [5.74, 6) is 1.17. The fourth-order valence-corrected chi connectivity index (χ4v) is 1.85. The van der Waals surface area contributed by atoms with Gasteiger partial charge in [-0.1, -0.05) is 0 Å². The van der Waals surface area contributed by atoms with E-state index in [0.717, 1.165) is 10.0 Å². The summed E-state index contributed by atoms with van der Waals surface area (Å²) in [4.78, 5) is 11.5. The first-order valence-electron chi connectivity index (χ1n) is 6.20. The van der Waals surface area contributed by atoms with E-state index in [-0.39, 0.29) is 0 Å². The number of hydrogen-bond acceptors (Lipinski definition) is 5. The van der Waals surface area contributed by atoms with E-state index in [1.54, 1.807) is 47.1 Å². The molecule has 21 heavy (non-hydrogen) atoms. The van der Waals surface area contributed by atoms with Crippen molar-refractivity contribution < 1.29 is 19.0 Å². The van der Waals surface area contributed by atoms with Crippen LogP contribution < -0.4 is 14.9 Å². The number of carbonyl (C=O) groups is 1. The van der Waals surface area contributed by atoms with Gasteiger partial charge in [-0.2, -0.15) is 5.10 Å². The molecule has 0 saturated carbocycles.